The lowest BCUT2D eigenvalue weighted by Gasteiger charge is -2.14. The van der Waals surface area contributed by atoms with Gasteiger partial charge in [0.05, 0.1) is 12.2 Å². The zero-order chi connectivity index (χ0) is 13.9. The molecule has 0 aromatic heterocycles. The van der Waals surface area contributed by atoms with E-state index in [-0.39, 0.29) is 17.9 Å². The van der Waals surface area contributed by atoms with Gasteiger partial charge in [0.2, 0.25) is 0 Å². The Balaban J connectivity index is 2.07. The number of carbonyl (C=O) groups excluding carboxylic acids is 1. The van der Waals surface area contributed by atoms with Gasteiger partial charge in [-0.1, -0.05) is 18.5 Å². The highest BCUT2D eigenvalue weighted by atomic mass is 35.5. The first kappa shape index (κ1) is 14.7. The summed E-state index contributed by atoms with van der Waals surface area (Å²) in [6, 6.07) is 5.38. The summed E-state index contributed by atoms with van der Waals surface area (Å²) in [5.74, 6) is 0.792. The highest BCUT2D eigenvalue weighted by Crippen LogP contribution is 2.44. The topological polar surface area (TPSA) is 49.3 Å². The predicted octanol–water partition coefficient (Wildman–Crippen LogP) is 2.95. The minimum Gasteiger partial charge on any atom is -0.396 e. The van der Waals surface area contributed by atoms with Crippen molar-refractivity contribution < 1.29 is 9.90 Å². The van der Waals surface area contributed by atoms with Crippen LogP contribution in [0.5, 0.6) is 0 Å². The zero-order valence-corrected chi connectivity index (χ0v) is 12.5. The molecule has 1 aromatic carbocycles. The molecule has 5 heteroatoms. The Bertz CT molecular complexity index is 475. The van der Waals surface area contributed by atoms with Gasteiger partial charge in [0.1, 0.15) is 0 Å². The second-order valence-corrected chi connectivity index (χ2v) is 6.66. The quantitative estimate of drug-likeness (QED) is 0.794. The number of nitrogens with one attached hydrogen (secondary N) is 1. The molecule has 1 aliphatic carbocycles. The first-order valence-electron chi connectivity index (χ1n) is 6.42. The monoisotopic (exact) mass is 299 g/mol. The van der Waals surface area contributed by atoms with Gasteiger partial charge in [-0.05, 0) is 36.8 Å². The number of hydrogen-bond acceptors (Lipinski definition) is 3. The highest BCUT2D eigenvalue weighted by molar-refractivity contribution is 7.99. The van der Waals surface area contributed by atoms with Gasteiger partial charge in [0.25, 0.3) is 5.91 Å². The molecule has 0 heterocycles. The molecule has 1 amide bonds. The maximum atomic E-state index is 12.2. The first-order chi connectivity index (χ1) is 9.10. The summed E-state index contributed by atoms with van der Waals surface area (Å²) in [5.41, 5.74) is 0.542. The normalized spacial score (nSPS) is 16.2. The lowest BCUT2D eigenvalue weighted by atomic mass is 10.1. The SMILES string of the molecule is CCSc1ccc(Cl)cc1C(=O)NCC1(CO)CC1. The van der Waals surface area contributed by atoms with Crippen molar-refractivity contribution in [1.29, 1.82) is 0 Å². The van der Waals surface area contributed by atoms with Gasteiger partial charge in [-0.2, -0.15) is 0 Å². The second-order valence-electron chi connectivity index (χ2n) is 4.91. The predicted molar refractivity (Wildman–Crippen MR) is 78.9 cm³/mol. The molecule has 1 saturated carbocycles. The van der Waals surface area contributed by atoms with E-state index in [2.05, 4.69) is 5.32 Å². The van der Waals surface area contributed by atoms with E-state index in [4.69, 9.17) is 11.6 Å². The van der Waals surface area contributed by atoms with Crippen LogP contribution in [0.25, 0.3) is 0 Å². The summed E-state index contributed by atoms with van der Waals surface area (Å²) in [4.78, 5) is 13.2. The van der Waals surface area contributed by atoms with E-state index < -0.39 is 0 Å². The minimum absolute atomic E-state index is 0.0771. The highest BCUT2D eigenvalue weighted by Gasteiger charge is 2.42. The number of aliphatic hydroxyl groups excluding tert-OH is 1. The molecule has 0 spiro atoms. The minimum atomic E-state index is -0.113. The average molecular weight is 300 g/mol. The second kappa shape index (κ2) is 6.16. The van der Waals surface area contributed by atoms with E-state index in [0.29, 0.717) is 17.1 Å². The van der Waals surface area contributed by atoms with Crippen LogP contribution in [-0.4, -0.2) is 29.9 Å². The third kappa shape index (κ3) is 3.65. The van der Waals surface area contributed by atoms with Crippen molar-refractivity contribution in [3.05, 3.63) is 28.8 Å². The molecule has 2 N–H and O–H groups in total. The maximum absolute atomic E-state index is 12.2. The molecule has 3 nitrogen and oxygen atoms in total. The molecule has 2 rings (SSSR count). The molecule has 1 aromatic rings. The smallest absolute Gasteiger partial charge is 0.252 e. The molecule has 1 aliphatic rings. The van der Waals surface area contributed by atoms with Crippen LogP contribution < -0.4 is 5.32 Å². The summed E-state index contributed by atoms with van der Waals surface area (Å²) in [6.45, 7) is 2.72. The van der Waals surface area contributed by atoms with E-state index >= 15 is 0 Å². The molecule has 19 heavy (non-hydrogen) atoms. The molecule has 0 atom stereocenters. The van der Waals surface area contributed by atoms with Gasteiger partial charge in [-0.15, -0.1) is 11.8 Å². The number of halogens is 1. The fraction of sp³-hybridized carbons (Fsp3) is 0.500. The molecule has 104 valence electrons. The third-order valence-electron chi connectivity index (χ3n) is 3.40. The van der Waals surface area contributed by atoms with Gasteiger partial charge in [-0.3, -0.25) is 4.79 Å². The Labute approximate surface area is 122 Å². The Hall–Kier alpha value is -0.710. The van der Waals surface area contributed by atoms with Gasteiger partial charge in [-0.25, -0.2) is 0 Å². The van der Waals surface area contributed by atoms with Crippen molar-refractivity contribution in [2.45, 2.75) is 24.7 Å². The van der Waals surface area contributed by atoms with Crippen LogP contribution in [0.1, 0.15) is 30.1 Å². The van der Waals surface area contributed by atoms with Gasteiger partial charge in [0.15, 0.2) is 0 Å². The van der Waals surface area contributed by atoms with Crippen LogP contribution in [0.3, 0.4) is 0 Å². The summed E-state index contributed by atoms with van der Waals surface area (Å²) in [5, 5.41) is 12.7. The van der Waals surface area contributed by atoms with Crippen LogP contribution >= 0.6 is 23.4 Å². The third-order valence-corrected chi connectivity index (χ3v) is 4.59. The van der Waals surface area contributed by atoms with E-state index in [1.807, 2.05) is 13.0 Å². The molecule has 0 unspecified atom stereocenters. The molecule has 1 fully saturated rings. The molecule has 0 radical (unpaired) electrons. The average Bonchev–Trinajstić information content (AvgIpc) is 3.19. The summed E-state index contributed by atoms with van der Waals surface area (Å²) < 4.78 is 0. The number of amides is 1. The number of thioether (sulfide) groups is 1. The van der Waals surface area contributed by atoms with Gasteiger partial charge in [0, 0.05) is 21.9 Å². The zero-order valence-electron chi connectivity index (χ0n) is 10.9. The van der Waals surface area contributed by atoms with Crippen LogP contribution in [0, 0.1) is 5.41 Å². The van der Waals surface area contributed by atoms with Gasteiger partial charge >= 0.3 is 0 Å². The fourth-order valence-electron chi connectivity index (χ4n) is 1.89. The Morgan fingerprint density at radius 2 is 2.26 bits per heavy atom. The van der Waals surface area contributed by atoms with Crippen LogP contribution in [-0.2, 0) is 0 Å². The molecule has 0 aliphatic heterocycles. The van der Waals surface area contributed by atoms with Crippen LogP contribution in [0.2, 0.25) is 5.02 Å². The van der Waals surface area contributed by atoms with E-state index in [1.54, 1.807) is 23.9 Å². The first-order valence-corrected chi connectivity index (χ1v) is 7.78. The fourth-order valence-corrected chi connectivity index (χ4v) is 2.85. The van der Waals surface area contributed by atoms with Gasteiger partial charge < -0.3 is 10.4 Å². The van der Waals surface area contributed by atoms with E-state index in [0.717, 1.165) is 23.5 Å². The number of aliphatic hydroxyl groups is 1. The number of rotatable bonds is 6. The Kier molecular flexibility index (Phi) is 4.76. The van der Waals surface area contributed by atoms with Crippen molar-refractivity contribution in [3.8, 4) is 0 Å². The number of hydrogen-bond donors (Lipinski definition) is 2. The summed E-state index contributed by atoms with van der Waals surface area (Å²) in [6.07, 6.45) is 1.96. The lowest BCUT2D eigenvalue weighted by molar-refractivity contribution is 0.0932. The standard InChI is InChI=1S/C14H18ClNO2S/c1-2-19-12-4-3-10(15)7-11(12)13(18)16-8-14(9-17)5-6-14/h3-4,7,17H,2,5-6,8-9H2,1H3,(H,16,18). The summed E-state index contributed by atoms with van der Waals surface area (Å²) in [7, 11) is 0. The molecule has 0 bridgehead atoms. The maximum Gasteiger partial charge on any atom is 0.252 e. The van der Waals surface area contributed by atoms with Crippen molar-refractivity contribution in [3.63, 3.8) is 0 Å². The van der Waals surface area contributed by atoms with Crippen molar-refractivity contribution in [2.75, 3.05) is 18.9 Å². The van der Waals surface area contributed by atoms with Crippen molar-refractivity contribution in [1.82, 2.24) is 5.32 Å². The molecule has 0 saturated heterocycles. The number of benzene rings is 1. The number of carbonyl (C=O) groups is 1. The van der Waals surface area contributed by atoms with E-state index in [1.165, 1.54) is 0 Å². The van der Waals surface area contributed by atoms with Crippen molar-refractivity contribution in [2.24, 2.45) is 5.41 Å². The molecular formula is C14H18ClNO2S. The molecular weight excluding hydrogens is 282 g/mol. The van der Waals surface area contributed by atoms with Crippen molar-refractivity contribution >= 4 is 29.3 Å². The lowest BCUT2D eigenvalue weighted by Crippen LogP contribution is -2.32. The largest absolute Gasteiger partial charge is 0.396 e. The van der Waals surface area contributed by atoms with Crippen LogP contribution in [0.4, 0.5) is 0 Å². The van der Waals surface area contributed by atoms with Crippen LogP contribution in [0.15, 0.2) is 23.1 Å². The Morgan fingerprint density at radius 3 is 2.84 bits per heavy atom. The Morgan fingerprint density at radius 1 is 1.53 bits per heavy atom. The summed E-state index contributed by atoms with van der Waals surface area (Å²) >= 11 is 7.59. The van der Waals surface area contributed by atoms with E-state index in [9.17, 15) is 9.90 Å².